The van der Waals surface area contributed by atoms with E-state index >= 15 is 0 Å². The zero-order valence-electron chi connectivity index (χ0n) is 24.1. The van der Waals surface area contributed by atoms with Crippen LogP contribution in [-0.2, 0) is 9.59 Å². The molecule has 0 saturated carbocycles. The molecule has 4 aromatic carbocycles. The summed E-state index contributed by atoms with van der Waals surface area (Å²) in [6.07, 6.45) is 1.47. The van der Waals surface area contributed by atoms with Gasteiger partial charge in [0, 0.05) is 32.1 Å². The molecule has 232 valence electrons. The Hall–Kier alpha value is -4.48. The number of hydrogen-bond donors (Lipinski definition) is 3. The lowest BCUT2D eigenvalue weighted by Crippen LogP contribution is -2.30. The minimum absolute atomic E-state index is 0.0205. The number of rotatable bonds is 10. The quantitative estimate of drug-likeness (QED) is 0.100. The number of hydrogen-bond acceptors (Lipinski definition) is 6. The number of nitrogens with one attached hydrogen (secondary N) is 3. The summed E-state index contributed by atoms with van der Waals surface area (Å²) in [5.41, 5.74) is 2.71. The van der Waals surface area contributed by atoms with Crippen molar-refractivity contribution < 1.29 is 18.8 Å². The Morgan fingerprint density at radius 2 is 1.63 bits per heavy atom. The topological polar surface area (TPSA) is 100 Å². The second-order valence-corrected chi connectivity index (χ2v) is 12.9. The molecule has 0 aliphatic heterocycles. The fourth-order valence-electron chi connectivity index (χ4n) is 4.10. The summed E-state index contributed by atoms with van der Waals surface area (Å²) < 4.78 is 13.4. The number of aromatic nitrogens is 1. The molecular formula is C34H25Cl2FN4O3S2. The van der Waals surface area contributed by atoms with Crippen molar-refractivity contribution in [2.45, 2.75) is 17.1 Å². The monoisotopic (exact) mass is 690 g/mol. The molecule has 1 unspecified atom stereocenters. The van der Waals surface area contributed by atoms with Crippen LogP contribution in [0.15, 0.2) is 113 Å². The number of thioether (sulfide) groups is 1. The van der Waals surface area contributed by atoms with Crippen LogP contribution in [0.25, 0.3) is 17.3 Å². The van der Waals surface area contributed by atoms with Crippen molar-refractivity contribution >= 4 is 80.9 Å². The number of carbonyl (C=O) groups excluding carboxylic acids is 3. The van der Waals surface area contributed by atoms with Gasteiger partial charge >= 0.3 is 0 Å². The number of halogens is 3. The molecule has 0 saturated heterocycles. The highest BCUT2D eigenvalue weighted by atomic mass is 35.5. The van der Waals surface area contributed by atoms with E-state index in [1.54, 1.807) is 79.7 Å². The largest absolute Gasteiger partial charge is 0.321 e. The molecule has 1 atom stereocenters. The molecule has 5 rings (SSSR count). The van der Waals surface area contributed by atoms with Crippen molar-refractivity contribution in [2.24, 2.45) is 0 Å². The maximum atomic E-state index is 13.4. The molecule has 0 aliphatic rings. The normalized spacial score (nSPS) is 11.9. The summed E-state index contributed by atoms with van der Waals surface area (Å²) in [6, 6.07) is 26.1. The van der Waals surface area contributed by atoms with E-state index in [-0.39, 0.29) is 11.6 Å². The molecule has 5 aromatic rings. The molecule has 0 aliphatic carbocycles. The third-order valence-corrected chi connectivity index (χ3v) is 8.86. The highest BCUT2D eigenvalue weighted by Crippen LogP contribution is 2.33. The number of nitrogens with zero attached hydrogens (tertiary/aromatic N) is 1. The minimum Gasteiger partial charge on any atom is -0.321 e. The van der Waals surface area contributed by atoms with Gasteiger partial charge in [-0.2, -0.15) is 0 Å². The van der Waals surface area contributed by atoms with Gasteiger partial charge in [-0.1, -0.05) is 53.5 Å². The van der Waals surface area contributed by atoms with Gasteiger partial charge in [-0.05, 0) is 85.3 Å². The molecular weight excluding hydrogens is 666 g/mol. The third kappa shape index (κ3) is 8.82. The van der Waals surface area contributed by atoms with Crippen LogP contribution in [0.2, 0.25) is 10.0 Å². The molecule has 1 aromatic heterocycles. The van der Waals surface area contributed by atoms with Gasteiger partial charge in [-0.15, -0.1) is 23.1 Å². The maximum Gasteiger partial charge on any atom is 0.272 e. The van der Waals surface area contributed by atoms with Crippen molar-refractivity contribution in [1.82, 2.24) is 10.3 Å². The standard InChI is InChI=1S/C34H25Cl2FN4O3S2/c1-20(31(42)41-34-40-30(19-45-34)27-16-9-23(35)18-28(27)36)46-26-14-12-25(13-15-26)38-33(44)29(17-21-7-10-24(37)11-8-21)39-32(43)22-5-3-2-4-6-22/h2-20H,1H3,(H,38,44)(H,39,43)(H,40,41,42)/b29-17-. The minimum atomic E-state index is -0.565. The van der Waals surface area contributed by atoms with E-state index in [2.05, 4.69) is 20.9 Å². The summed E-state index contributed by atoms with van der Waals surface area (Å²) in [4.78, 5) is 44.3. The first-order chi connectivity index (χ1) is 22.1. The Morgan fingerprint density at radius 1 is 0.913 bits per heavy atom. The molecule has 1 heterocycles. The summed E-state index contributed by atoms with van der Waals surface area (Å²) in [7, 11) is 0. The summed E-state index contributed by atoms with van der Waals surface area (Å²) in [5.74, 6) is -1.68. The first-order valence-corrected chi connectivity index (χ1v) is 16.3. The second kappa shape index (κ2) is 15.2. The van der Waals surface area contributed by atoms with Gasteiger partial charge in [0.15, 0.2) is 5.13 Å². The van der Waals surface area contributed by atoms with Gasteiger partial charge in [0.2, 0.25) is 5.91 Å². The SMILES string of the molecule is CC(Sc1ccc(NC(=O)/C(=C/c2ccc(F)cc2)NC(=O)c2ccccc2)cc1)C(=O)Nc1nc(-c2ccc(Cl)cc2Cl)cs1. The predicted octanol–water partition coefficient (Wildman–Crippen LogP) is 8.78. The molecule has 0 fully saturated rings. The molecule has 46 heavy (non-hydrogen) atoms. The van der Waals surface area contributed by atoms with E-state index in [1.807, 2.05) is 5.38 Å². The first-order valence-electron chi connectivity index (χ1n) is 13.8. The fraction of sp³-hybridized carbons (Fsp3) is 0.0588. The predicted molar refractivity (Wildman–Crippen MR) is 185 cm³/mol. The molecule has 0 bridgehead atoms. The van der Waals surface area contributed by atoms with Crippen LogP contribution < -0.4 is 16.0 Å². The zero-order chi connectivity index (χ0) is 32.6. The Balaban J connectivity index is 1.21. The fourth-order valence-corrected chi connectivity index (χ4v) is 6.19. The van der Waals surface area contributed by atoms with Gasteiger partial charge in [-0.25, -0.2) is 9.37 Å². The van der Waals surface area contributed by atoms with Gasteiger partial charge in [-0.3, -0.25) is 14.4 Å². The van der Waals surface area contributed by atoms with Crippen LogP contribution in [0.5, 0.6) is 0 Å². The Labute approximate surface area is 282 Å². The molecule has 3 N–H and O–H groups in total. The average Bonchev–Trinajstić information content (AvgIpc) is 3.51. The van der Waals surface area contributed by atoms with Crippen LogP contribution in [0.3, 0.4) is 0 Å². The van der Waals surface area contributed by atoms with Crippen LogP contribution in [-0.4, -0.2) is 28.0 Å². The lowest BCUT2D eigenvalue weighted by Gasteiger charge is -2.13. The van der Waals surface area contributed by atoms with Crippen molar-refractivity contribution in [3.63, 3.8) is 0 Å². The highest BCUT2D eigenvalue weighted by molar-refractivity contribution is 8.00. The van der Waals surface area contributed by atoms with Gasteiger partial charge < -0.3 is 16.0 Å². The molecule has 12 heteroatoms. The Bertz CT molecular complexity index is 1900. The second-order valence-electron chi connectivity index (χ2n) is 9.82. The van der Waals surface area contributed by atoms with E-state index in [9.17, 15) is 18.8 Å². The first kappa shape index (κ1) is 32.9. The van der Waals surface area contributed by atoms with Crippen molar-refractivity contribution in [3.8, 4) is 11.3 Å². The lowest BCUT2D eigenvalue weighted by molar-refractivity contribution is -0.115. The van der Waals surface area contributed by atoms with E-state index in [0.717, 1.165) is 4.90 Å². The highest BCUT2D eigenvalue weighted by Gasteiger charge is 2.18. The molecule has 0 radical (unpaired) electrons. The van der Waals surface area contributed by atoms with Gasteiger partial charge in [0.1, 0.15) is 11.5 Å². The van der Waals surface area contributed by atoms with E-state index in [0.29, 0.717) is 43.2 Å². The molecule has 0 spiro atoms. The van der Waals surface area contributed by atoms with Crippen LogP contribution in [0, 0.1) is 5.82 Å². The average molecular weight is 692 g/mol. The third-order valence-electron chi connectivity index (χ3n) is 6.45. The van der Waals surface area contributed by atoms with E-state index < -0.39 is 22.9 Å². The van der Waals surface area contributed by atoms with Crippen LogP contribution in [0.1, 0.15) is 22.8 Å². The summed E-state index contributed by atoms with van der Waals surface area (Å²) in [5, 5.41) is 11.1. The molecule has 3 amide bonds. The number of benzene rings is 4. The Morgan fingerprint density at radius 3 is 2.33 bits per heavy atom. The van der Waals surface area contributed by atoms with E-state index in [4.69, 9.17) is 23.2 Å². The van der Waals surface area contributed by atoms with Crippen LogP contribution in [0.4, 0.5) is 15.2 Å². The number of anilines is 2. The summed E-state index contributed by atoms with van der Waals surface area (Å²) in [6.45, 7) is 1.78. The number of carbonyl (C=O) groups is 3. The maximum absolute atomic E-state index is 13.4. The number of thiazole rings is 1. The van der Waals surface area contributed by atoms with E-state index in [1.165, 1.54) is 53.4 Å². The summed E-state index contributed by atoms with van der Waals surface area (Å²) >= 11 is 14.9. The zero-order valence-corrected chi connectivity index (χ0v) is 27.2. The molecule has 7 nitrogen and oxygen atoms in total. The van der Waals surface area contributed by atoms with Crippen LogP contribution >= 0.6 is 46.3 Å². The van der Waals surface area contributed by atoms with Crippen molar-refractivity contribution in [1.29, 1.82) is 0 Å². The lowest BCUT2D eigenvalue weighted by atomic mass is 10.1. The van der Waals surface area contributed by atoms with Crippen molar-refractivity contribution in [2.75, 3.05) is 10.6 Å². The van der Waals surface area contributed by atoms with Gasteiger partial charge in [0.05, 0.1) is 16.0 Å². The smallest absolute Gasteiger partial charge is 0.272 e. The number of amides is 3. The van der Waals surface area contributed by atoms with Gasteiger partial charge in [0.25, 0.3) is 11.8 Å². The van der Waals surface area contributed by atoms with Crippen molar-refractivity contribution in [3.05, 3.63) is 135 Å². The Kier molecular flexibility index (Phi) is 10.9.